The molecular formula is C15H12Br2FNO. The van der Waals surface area contributed by atoms with Crippen LogP contribution in [0.4, 0.5) is 4.39 Å². The van der Waals surface area contributed by atoms with E-state index in [0.29, 0.717) is 17.7 Å². The van der Waals surface area contributed by atoms with Crippen molar-refractivity contribution in [2.24, 2.45) is 5.73 Å². The number of rotatable bonds is 1. The fourth-order valence-electron chi connectivity index (χ4n) is 2.43. The van der Waals surface area contributed by atoms with Gasteiger partial charge in [-0.1, -0.05) is 37.9 Å². The van der Waals surface area contributed by atoms with Gasteiger partial charge in [0.1, 0.15) is 17.7 Å². The summed E-state index contributed by atoms with van der Waals surface area (Å²) >= 11 is 6.77. The SMILES string of the molecule is N[C@@H]1CC(c2cc(Br)ccc2F)Oc2cc(Br)ccc21. The van der Waals surface area contributed by atoms with E-state index in [0.717, 1.165) is 14.5 Å². The van der Waals surface area contributed by atoms with Crippen LogP contribution in [0.15, 0.2) is 45.3 Å². The Hall–Kier alpha value is -0.910. The van der Waals surface area contributed by atoms with Gasteiger partial charge in [-0.2, -0.15) is 0 Å². The Morgan fingerprint density at radius 2 is 1.75 bits per heavy atom. The molecule has 1 unspecified atom stereocenters. The summed E-state index contributed by atoms with van der Waals surface area (Å²) in [6.07, 6.45) is 0.187. The highest BCUT2D eigenvalue weighted by Crippen LogP contribution is 2.41. The normalized spacial score (nSPS) is 21.2. The van der Waals surface area contributed by atoms with E-state index >= 15 is 0 Å². The lowest BCUT2D eigenvalue weighted by Gasteiger charge is -2.31. The summed E-state index contributed by atoms with van der Waals surface area (Å²) < 4.78 is 21.7. The van der Waals surface area contributed by atoms with Crippen molar-refractivity contribution in [1.29, 1.82) is 0 Å². The molecule has 20 heavy (non-hydrogen) atoms. The zero-order chi connectivity index (χ0) is 14.3. The fourth-order valence-corrected chi connectivity index (χ4v) is 3.15. The molecule has 0 fully saturated rings. The average Bonchev–Trinajstić information content (AvgIpc) is 2.41. The summed E-state index contributed by atoms with van der Waals surface area (Å²) in [6, 6.07) is 10.4. The van der Waals surface area contributed by atoms with Crippen LogP contribution in [-0.2, 0) is 0 Å². The number of nitrogens with two attached hydrogens (primary N) is 1. The van der Waals surface area contributed by atoms with Crippen molar-refractivity contribution >= 4 is 31.9 Å². The van der Waals surface area contributed by atoms with Crippen molar-refractivity contribution < 1.29 is 9.13 Å². The second-order valence-corrected chi connectivity index (χ2v) is 6.63. The van der Waals surface area contributed by atoms with E-state index in [9.17, 15) is 4.39 Å². The summed E-state index contributed by atoms with van der Waals surface area (Å²) in [5.74, 6) is 0.436. The molecule has 0 saturated carbocycles. The molecule has 0 radical (unpaired) electrons. The highest BCUT2D eigenvalue weighted by atomic mass is 79.9. The number of ether oxygens (including phenoxy) is 1. The van der Waals surface area contributed by atoms with E-state index in [4.69, 9.17) is 10.5 Å². The second kappa shape index (κ2) is 5.47. The van der Waals surface area contributed by atoms with Crippen LogP contribution < -0.4 is 10.5 Å². The van der Waals surface area contributed by atoms with Crippen LogP contribution >= 0.6 is 31.9 Å². The topological polar surface area (TPSA) is 35.2 Å². The lowest BCUT2D eigenvalue weighted by Crippen LogP contribution is -2.24. The zero-order valence-corrected chi connectivity index (χ0v) is 13.6. The molecule has 0 bridgehead atoms. The van der Waals surface area contributed by atoms with Gasteiger partial charge < -0.3 is 10.5 Å². The van der Waals surface area contributed by atoms with Crippen molar-refractivity contribution in [2.45, 2.75) is 18.6 Å². The van der Waals surface area contributed by atoms with Gasteiger partial charge in [0.15, 0.2) is 0 Å². The summed E-state index contributed by atoms with van der Waals surface area (Å²) in [4.78, 5) is 0. The molecule has 2 aromatic carbocycles. The van der Waals surface area contributed by atoms with Gasteiger partial charge in [0, 0.05) is 32.5 Å². The quantitative estimate of drug-likeness (QED) is 0.740. The predicted molar refractivity (Wildman–Crippen MR) is 83.2 cm³/mol. The zero-order valence-electron chi connectivity index (χ0n) is 10.4. The minimum absolute atomic E-state index is 0.157. The van der Waals surface area contributed by atoms with Gasteiger partial charge in [0.05, 0.1) is 0 Å². The third-order valence-electron chi connectivity index (χ3n) is 3.42. The summed E-state index contributed by atoms with van der Waals surface area (Å²) in [5.41, 5.74) is 7.67. The summed E-state index contributed by atoms with van der Waals surface area (Å²) in [6.45, 7) is 0. The first-order valence-corrected chi connectivity index (χ1v) is 7.80. The van der Waals surface area contributed by atoms with Gasteiger partial charge >= 0.3 is 0 Å². The maximum Gasteiger partial charge on any atom is 0.130 e. The van der Waals surface area contributed by atoms with Crippen molar-refractivity contribution in [1.82, 2.24) is 0 Å². The maximum atomic E-state index is 14.0. The standard InChI is InChI=1S/C15H12Br2FNO/c16-8-2-4-12(18)11(5-8)15-7-13(19)10-3-1-9(17)6-14(10)20-15/h1-6,13,15H,7,19H2/t13-,15?/m1/s1. The molecule has 2 aromatic rings. The average molecular weight is 401 g/mol. The molecule has 0 spiro atoms. The van der Waals surface area contributed by atoms with Gasteiger partial charge in [-0.3, -0.25) is 0 Å². The molecule has 2 N–H and O–H groups in total. The molecule has 104 valence electrons. The van der Waals surface area contributed by atoms with Gasteiger partial charge in [-0.25, -0.2) is 4.39 Å². The van der Waals surface area contributed by atoms with E-state index in [-0.39, 0.29) is 18.0 Å². The van der Waals surface area contributed by atoms with Crippen molar-refractivity contribution in [3.63, 3.8) is 0 Å². The maximum absolute atomic E-state index is 14.0. The van der Waals surface area contributed by atoms with Crippen molar-refractivity contribution in [2.75, 3.05) is 0 Å². The highest BCUT2D eigenvalue weighted by molar-refractivity contribution is 9.10. The molecule has 0 amide bonds. The largest absolute Gasteiger partial charge is 0.485 e. The number of fused-ring (bicyclic) bond motifs is 1. The Labute approximate surface area is 133 Å². The predicted octanol–water partition coefficient (Wildman–Crippen LogP) is 4.87. The van der Waals surface area contributed by atoms with Crippen LogP contribution in [0.25, 0.3) is 0 Å². The van der Waals surface area contributed by atoms with Crippen LogP contribution in [-0.4, -0.2) is 0 Å². The Kier molecular flexibility index (Phi) is 3.84. The molecule has 0 aliphatic carbocycles. The molecule has 0 saturated heterocycles. The summed E-state index contributed by atoms with van der Waals surface area (Å²) in [5, 5.41) is 0. The first kappa shape index (κ1) is 14.0. The van der Waals surface area contributed by atoms with Gasteiger partial charge in [-0.05, 0) is 30.3 Å². The lowest BCUT2D eigenvalue weighted by atomic mass is 9.93. The van der Waals surface area contributed by atoms with Gasteiger partial charge in [0.25, 0.3) is 0 Å². The van der Waals surface area contributed by atoms with Gasteiger partial charge in [0.2, 0.25) is 0 Å². The van der Waals surface area contributed by atoms with Crippen LogP contribution in [0, 0.1) is 5.82 Å². The monoisotopic (exact) mass is 399 g/mol. The Morgan fingerprint density at radius 3 is 2.55 bits per heavy atom. The number of halogens is 3. The number of hydrogen-bond acceptors (Lipinski definition) is 2. The molecular weight excluding hydrogens is 389 g/mol. The Morgan fingerprint density at radius 1 is 1.05 bits per heavy atom. The highest BCUT2D eigenvalue weighted by Gasteiger charge is 2.29. The number of hydrogen-bond donors (Lipinski definition) is 1. The molecule has 3 rings (SSSR count). The van der Waals surface area contributed by atoms with Crippen LogP contribution in [0.3, 0.4) is 0 Å². The molecule has 2 atom stereocenters. The lowest BCUT2D eigenvalue weighted by molar-refractivity contribution is 0.157. The smallest absolute Gasteiger partial charge is 0.130 e. The molecule has 1 aliphatic heterocycles. The van der Waals surface area contributed by atoms with Crippen molar-refractivity contribution in [3.8, 4) is 5.75 Å². The van der Waals surface area contributed by atoms with Crippen LogP contribution in [0.5, 0.6) is 5.75 Å². The van der Waals surface area contributed by atoms with E-state index in [2.05, 4.69) is 31.9 Å². The van der Waals surface area contributed by atoms with E-state index < -0.39 is 0 Å². The number of benzene rings is 2. The third kappa shape index (κ3) is 2.62. The minimum atomic E-state index is -0.371. The first-order chi connectivity index (χ1) is 9.54. The molecule has 1 heterocycles. The summed E-state index contributed by atoms with van der Waals surface area (Å²) in [7, 11) is 0. The van der Waals surface area contributed by atoms with Crippen LogP contribution in [0.1, 0.15) is 29.7 Å². The van der Waals surface area contributed by atoms with Crippen LogP contribution in [0.2, 0.25) is 0 Å². The molecule has 1 aliphatic rings. The second-order valence-electron chi connectivity index (χ2n) is 4.80. The Balaban J connectivity index is 2.00. The minimum Gasteiger partial charge on any atom is -0.485 e. The molecule has 0 aromatic heterocycles. The van der Waals surface area contributed by atoms with E-state index in [1.54, 1.807) is 12.1 Å². The molecule has 2 nitrogen and oxygen atoms in total. The third-order valence-corrected chi connectivity index (χ3v) is 4.40. The molecule has 5 heteroatoms. The first-order valence-electron chi connectivity index (χ1n) is 6.21. The van der Waals surface area contributed by atoms with Crippen molar-refractivity contribution in [3.05, 3.63) is 62.3 Å². The van der Waals surface area contributed by atoms with E-state index in [1.165, 1.54) is 6.07 Å². The Bertz CT molecular complexity index is 662. The fraction of sp³-hybridized carbons (Fsp3) is 0.200. The van der Waals surface area contributed by atoms with E-state index in [1.807, 2.05) is 18.2 Å². The van der Waals surface area contributed by atoms with Gasteiger partial charge in [-0.15, -0.1) is 0 Å².